The molecule has 3 rings (SSSR count). The molecule has 2 N–H and O–H groups in total. The molecule has 4 heteroatoms. The fraction of sp³-hybridized carbons (Fsp3) is 0.267. The predicted octanol–water partition coefficient (Wildman–Crippen LogP) is 2.75. The van der Waals surface area contributed by atoms with Crippen LogP contribution in [0.25, 0.3) is 0 Å². The summed E-state index contributed by atoms with van der Waals surface area (Å²) >= 11 is 2.28. The maximum atomic E-state index is 6.00. The quantitative estimate of drug-likeness (QED) is 0.833. The Morgan fingerprint density at radius 2 is 2.11 bits per heavy atom. The first kappa shape index (κ1) is 12.9. The molecule has 0 radical (unpaired) electrons. The number of aromatic nitrogens is 1. The minimum Gasteiger partial charge on any atom is -0.348 e. The van der Waals surface area contributed by atoms with Crippen molar-refractivity contribution in [2.45, 2.75) is 12.5 Å². The molecule has 19 heavy (non-hydrogen) atoms. The van der Waals surface area contributed by atoms with Crippen LogP contribution in [0.5, 0.6) is 0 Å². The van der Waals surface area contributed by atoms with Gasteiger partial charge in [-0.15, -0.1) is 0 Å². The number of rotatable bonds is 2. The molecule has 0 aliphatic carbocycles. The van der Waals surface area contributed by atoms with Crippen molar-refractivity contribution in [1.82, 2.24) is 4.98 Å². The molecular weight excluding hydrogens is 349 g/mol. The number of halogens is 1. The lowest BCUT2D eigenvalue weighted by Gasteiger charge is -2.37. The molecule has 0 spiro atoms. The highest BCUT2D eigenvalue weighted by molar-refractivity contribution is 14.1. The lowest BCUT2D eigenvalue weighted by atomic mass is 9.92. The highest BCUT2D eigenvalue weighted by atomic mass is 127. The average molecular weight is 365 g/mol. The van der Waals surface area contributed by atoms with Crippen LogP contribution in [0.3, 0.4) is 0 Å². The molecule has 1 unspecified atom stereocenters. The van der Waals surface area contributed by atoms with E-state index < -0.39 is 0 Å². The van der Waals surface area contributed by atoms with E-state index in [4.69, 9.17) is 5.73 Å². The molecule has 2 heterocycles. The van der Waals surface area contributed by atoms with E-state index in [0.717, 1.165) is 22.4 Å². The van der Waals surface area contributed by atoms with Crippen molar-refractivity contribution in [3.05, 3.63) is 57.3 Å². The van der Waals surface area contributed by atoms with E-state index >= 15 is 0 Å². The van der Waals surface area contributed by atoms with Gasteiger partial charge in [-0.2, -0.15) is 0 Å². The molecule has 2 aromatic rings. The number of fused-ring (bicyclic) bond motifs is 1. The van der Waals surface area contributed by atoms with Crippen LogP contribution in [0.2, 0.25) is 0 Å². The van der Waals surface area contributed by atoms with E-state index in [1.165, 1.54) is 11.1 Å². The predicted molar refractivity (Wildman–Crippen MR) is 86.2 cm³/mol. The molecule has 0 fully saturated rings. The standard InChI is InChI=1S/C15H16IN3/c16-12-5-6-15(18-10-12)19-8-7-11-3-1-2-4-13(11)14(19)9-17/h1-6,10,14H,7-9,17H2. The van der Waals surface area contributed by atoms with Crippen molar-refractivity contribution in [3.63, 3.8) is 0 Å². The SMILES string of the molecule is NCC1c2ccccc2CCN1c1ccc(I)cn1. The highest BCUT2D eigenvalue weighted by Gasteiger charge is 2.26. The van der Waals surface area contributed by atoms with Gasteiger partial charge in [0.1, 0.15) is 5.82 Å². The number of hydrogen-bond acceptors (Lipinski definition) is 3. The zero-order valence-electron chi connectivity index (χ0n) is 10.6. The summed E-state index contributed by atoms with van der Waals surface area (Å²) in [6.07, 6.45) is 2.96. The molecule has 0 amide bonds. The maximum absolute atomic E-state index is 6.00. The van der Waals surface area contributed by atoms with Crippen LogP contribution < -0.4 is 10.6 Å². The van der Waals surface area contributed by atoms with Gasteiger partial charge < -0.3 is 10.6 Å². The summed E-state index contributed by atoms with van der Waals surface area (Å²) in [6, 6.07) is 13.0. The second-order valence-electron chi connectivity index (χ2n) is 4.73. The fourth-order valence-corrected chi connectivity index (χ4v) is 3.04. The van der Waals surface area contributed by atoms with Crippen LogP contribution in [-0.2, 0) is 6.42 Å². The Kier molecular flexibility index (Phi) is 3.70. The Hall–Kier alpha value is -1.14. The average Bonchev–Trinajstić information content (AvgIpc) is 2.47. The van der Waals surface area contributed by atoms with Gasteiger partial charge in [0.15, 0.2) is 0 Å². The second kappa shape index (κ2) is 5.46. The number of anilines is 1. The molecule has 1 aromatic carbocycles. The summed E-state index contributed by atoms with van der Waals surface area (Å²) in [5.74, 6) is 1.02. The smallest absolute Gasteiger partial charge is 0.129 e. The maximum Gasteiger partial charge on any atom is 0.129 e. The third-order valence-electron chi connectivity index (χ3n) is 3.64. The van der Waals surface area contributed by atoms with Crippen molar-refractivity contribution in [2.24, 2.45) is 5.73 Å². The van der Waals surface area contributed by atoms with E-state index in [1.54, 1.807) is 0 Å². The van der Waals surface area contributed by atoms with Gasteiger partial charge in [-0.1, -0.05) is 24.3 Å². The van der Waals surface area contributed by atoms with Crippen LogP contribution in [0, 0.1) is 3.57 Å². The van der Waals surface area contributed by atoms with Crippen LogP contribution >= 0.6 is 22.6 Å². The van der Waals surface area contributed by atoms with Crippen molar-refractivity contribution in [2.75, 3.05) is 18.0 Å². The van der Waals surface area contributed by atoms with Gasteiger partial charge >= 0.3 is 0 Å². The van der Waals surface area contributed by atoms with E-state index in [-0.39, 0.29) is 6.04 Å². The first-order chi connectivity index (χ1) is 9.29. The summed E-state index contributed by atoms with van der Waals surface area (Å²) in [5.41, 5.74) is 8.77. The lowest BCUT2D eigenvalue weighted by molar-refractivity contribution is 0.584. The Morgan fingerprint density at radius 1 is 1.26 bits per heavy atom. The summed E-state index contributed by atoms with van der Waals surface area (Å²) in [7, 11) is 0. The lowest BCUT2D eigenvalue weighted by Crippen LogP contribution is -2.39. The molecular formula is C15H16IN3. The van der Waals surface area contributed by atoms with E-state index in [2.05, 4.69) is 68.9 Å². The van der Waals surface area contributed by atoms with Crippen molar-refractivity contribution in [3.8, 4) is 0 Å². The van der Waals surface area contributed by atoms with Crippen LogP contribution in [0.1, 0.15) is 17.2 Å². The first-order valence-corrected chi connectivity index (χ1v) is 7.53. The topological polar surface area (TPSA) is 42.1 Å². The molecule has 0 bridgehead atoms. The molecule has 0 saturated heterocycles. The molecule has 1 atom stereocenters. The van der Waals surface area contributed by atoms with Gasteiger partial charge in [-0.25, -0.2) is 4.98 Å². The van der Waals surface area contributed by atoms with Crippen LogP contribution in [-0.4, -0.2) is 18.1 Å². The number of benzene rings is 1. The summed E-state index contributed by atoms with van der Waals surface area (Å²) in [4.78, 5) is 6.85. The largest absolute Gasteiger partial charge is 0.348 e. The van der Waals surface area contributed by atoms with Gasteiger partial charge in [-0.05, 0) is 52.3 Å². The summed E-state index contributed by atoms with van der Waals surface area (Å²) in [5, 5.41) is 0. The number of hydrogen-bond donors (Lipinski definition) is 1. The summed E-state index contributed by atoms with van der Waals surface area (Å²) in [6.45, 7) is 1.59. The first-order valence-electron chi connectivity index (χ1n) is 6.45. The van der Waals surface area contributed by atoms with Gasteiger partial charge in [0.2, 0.25) is 0 Å². The van der Waals surface area contributed by atoms with Crippen molar-refractivity contribution < 1.29 is 0 Å². The Morgan fingerprint density at radius 3 is 2.84 bits per heavy atom. The molecule has 98 valence electrons. The van der Waals surface area contributed by atoms with Gasteiger partial charge in [0, 0.05) is 22.9 Å². The number of nitrogens with two attached hydrogens (primary N) is 1. The molecule has 3 nitrogen and oxygen atoms in total. The van der Waals surface area contributed by atoms with E-state index in [1.807, 2.05) is 6.20 Å². The molecule has 0 saturated carbocycles. The monoisotopic (exact) mass is 365 g/mol. The fourth-order valence-electron chi connectivity index (χ4n) is 2.72. The highest BCUT2D eigenvalue weighted by Crippen LogP contribution is 2.32. The molecule has 1 aromatic heterocycles. The number of pyridine rings is 1. The third kappa shape index (κ3) is 2.47. The van der Waals surface area contributed by atoms with Crippen molar-refractivity contribution in [1.29, 1.82) is 0 Å². The number of nitrogens with zero attached hydrogens (tertiary/aromatic N) is 2. The minimum absolute atomic E-state index is 0.234. The van der Waals surface area contributed by atoms with Crippen LogP contribution in [0.15, 0.2) is 42.6 Å². The van der Waals surface area contributed by atoms with Crippen LogP contribution in [0.4, 0.5) is 5.82 Å². The Balaban J connectivity index is 1.98. The van der Waals surface area contributed by atoms with Gasteiger partial charge in [0.25, 0.3) is 0 Å². The third-order valence-corrected chi connectivity index (χ3v) is 4.28. The minimum atomic E-state index is 0.234. The summed E-state index contributed by atoms with van der Waals surface area (Å²) < 4.78 is 1.16. The van der Waals surface area contributed by atoms with E-state index in [0.29, 0.717) is 6.54 Å². The Bertz CT molecular complexity index is 568. The van der Waals surface area contributed by atoms with Gasteiger partial charge in [0.05, 0.1) is 6.04 Å². The second-order valence-corrected chi connectivity index (χ2v) is 5.97. The normalized spacial score (nSPS) is 18.2. The van der Waals surface area contributed by atoms with E-state index in [9.17, 15) is 0 Å². The zero-order chi connectivity index (χ0) is 13.2. The zero-order valence-corrected chi connectivity index (χ0v) is 12.7. The van der Waals surface area contributed by atoms with Gasteiger partial charge in [-0.3, -0.25) is 0 Å². The molecule has 1 aliphatic heterocycles. The Labute approximate surface area is 127 Å². The van der Waals surface area contributed by atoms with Crippen molar-refractivity contribution >= 4 is 28.4 Å². The molecule has 1 aliphatic rings.